The number of hydrogen-bond donors (Lipinski definition) is 1. The van der Waals surface area contributed by atoms with Gasteiger partial charge in [0.15, 0.2) is 0 Å². The highest BCUT2D eigenvalue weighted by Crippen LogP contribution is 2.41. The van der Waals surface area contributed by atoms with E-state index >= 15 is 0 Å². The van der Waals surface area contributed by atoms with Gasteiger partial charge in [-0.25, -0.2) is 0 Å². The third-order valence-corrected chi connectivity index (χ3v) is 4.83. The number of hydrogen-bond acceptors (Lipinski definition) is 3. The summed E-state index contributed by atoms with van der Waals surface area (Å²) in [4.78, 5) is 2.58. The maximum atomic E-state index is 5.84. The second-order valence-corrected chi connectivity index (χ2v) is 6.55. The standard InChI is InChI=1S/C17H26N2O/c1-14-12-18-17(2,15-8-9-15)13-19(14)10-11-20-16-6-4-3-5-7-16/h3-7,14-15,18H,8-13H2,1-2H3. The smallest absolute Gasteiger partial charge is 0.119 e. The lowest BCUT2D eigenvalue weighted by atomic mass is 9.91. The number of ether oxygens (including phenoxy) is 1. The van der Waals surface area contributed by atoms with Crippen molar-refractivity contribution in [1.82, 2.24) is 10.2 Å². The van der Waals surface area contributed by atoms with Gasteiger partial charge in [-0.3, -0.25) is 4.90 Å². The Labute approximate surface area is 122 Å². The Bertz CT molecular complexity index is 432. The minimum Gasteiger partial charge on any atom is -0.492 e. The van der Waals surface area contributed by atoms with Crippen LogP contribution in [0.2, 0.25) is 0 Å². The second-order valence-electron chi connectivity index (χ2n) is 6.55. The number of benzene rings is 1. The second kappa shape index (κ2) is 5.74. The number of nitrogens with zero attached hydrogens (tertiary/aromatic N) is 1. The summed E-state index contributed by atoms with van der Waals surface area (Å²) in [6.45, 7) is 8.73. The molecule has 20 heavy (non-hydrogen) atoms. The third-order valence-electron chi connectivity index (χ3n) is 4.83. The Balaban J connectivity index is 1.50. The zero-order valence-electron chi connectivity index (χ0n) is 12.6. The van der Waals surface area contributed by atoms with Gasteiger partial charge in [0, 0.05) is 31.2 Å². The van der Waals surface area contributed by atoms with E-state index in [-0.39, 0.29) is 0 Å². The normalized spacial score (nSPS) is 31.2. The van der Waals surface area contributed by atoms with Gasteiger partial charge in [-0.05, 0) is 44.7 Å². The zero-order chi connectivity index (χ0) is 14.0. The van der Waals surface area contributed by atoms with Crippen molar-refractivity contribution in [3.63, 3.8) is 0 Å². The van der Waals surface area contributed by atoms with Crippen molar-refractivity contribution in [1.29, 1.82) is 0 Å². The molecule has 0 radical (unpaired) electrons. The van der Waals surface area contributed by atoms with Crippen molar-refractivity contribution >= 4 is 0 Å². The Morgan fingerprint density at radius 2 is 2.05 bits per heavy atom. The Morgan fingerprint density at radius 3 is 2.75 bits per heavy atom. The monoisotopic (exact) mass is 274 g/mol. The summed E-state index contributed by atoms with van der Waals surface area (Å²) >= 11 is 0. The molecular weight excluding hydrogens is 248 g/mol. The Kier molecular flexibility index (Phi) is 3.99. The van der Waals surface area contributed by atoms with E-state index in [0.29, 0.717) is 11.6 Å². The maximum absolute atomic E-state index is 5.84. The molecule has 1 aromatic rings. The quantitative estimate of drug-likeness (QED) is 0.893. The van der Waals surface area contributed by atoms with Crippen molar-refractivity contribution in [2.75, 3.05) is 26.2 Å². The number of nitrogens with one attached hydrogen (secondary N) is 1. The molecule has 2 fully saturated rings. The highest BCUT2D eigenvalue weighted by atomic mass is 16.5. The van der Waals surface area contributed by atoms with Gasteiger partial charge in [-0.15, -0.1) is 0 Å². The molecule has 2 aliphatic rings. The highest BCUT2D eigenvalue weighted by Gasteiger charge is 2.45. The van der Waals surface area contributed by atoms with Gasteiger partial charge in [-0.1, -0.05) is 18.2 Å². The first kappa shape index (κ1) is 13.9. The van der Waals surface area contributed by atoms with E-state index in [1.54, 1.807) is 0 Å². The summed E-state index contributed by atoms with van der Waals surface area (Å²) in [5.74, 6) is 1.85. The molecule has 2 atom stereocenters. The first-order valence-corrected chi connectivity index (χ1v) is 7.84. The fraction of sp³-hybridized carbons (Fsp3) is 0.647. The summed E-state index contributed by atoms with van der Waals surface area (Å²) in [5.41, 5.74) is 0.319. The largest absolute Gasteiger partial charge is 0.492 e. The van der Waals surface area contributed by atoms with E-state index in [0.717, 1.165) is 37.9 Å². The Hall–Kier alpha value is -1.06. The molecule has 3 nitrogen and oxygen atoms in total. The van der Waals surface area contributed by atoms with Crippen molar-refractivity contribution < 1.29 is 4.74 Å². The average molecular weight is 274 g/mol. The molecule has 1 saturated heterocycles. The molecule has 1 aliphatic carbocycles. The van der Waals surface area contributed by atoms with E-state index < -0.39 is 0 Å². The molecule has 2 unspecified atom stereocenters. The number of rotatable bonds is 5. The van der Waals surface area contributed by atoms with Crippen LogP contribution < -0.4 is 10.1 Å². The molecule has 1 aromatic carbocycles. The van der Waals surface area contributed by atoms with Gasteiger partial charge in [-0.2, -0.15) is 0 Å². The molecule has 1 heterocycles. The van der Waals surface area contributed by atoms with Crippen molar-refractivity contribution in [3.05, 3.63) is 30.3 Å². The van der Waals surface area contributed by atoms with Gasteiger partial charge in [0.05, 0.1) is 0 Å². The zero-order valence-corrected chi connectivity index (χ0v) is 12.6. The molecule has 1 aliphatic heterocycles. The summed E-state index contributed by atoms with van der Waals surface area (Å²) in [6, 6.07) is 10.7. The van der Waals surface area contributed by atoms with Crippen LogP contribution in [0.25, 0.3) is 0 Å². The van der Waals surface area contributed by atoms with Crippen LogP contribution in [0, 0.1) is 5.92 Å². The van der Waals surface area contributed by atoms with Crippen LogP contribution in [0.3, 0.4) is 0 Å². The van der Waals surface area contributed by atoms with Gasteiger partial charge < -0.3 is 10.1 Å². The molecule has 0 amide bonds. The van der Waals surface area contributed by atoms with Gasteiger partial charge in [0.2, 0.25) is 0 Å². The lowest BCUT2D eigenvalue weighted by molar-refractivity contribution is 0.0707. The molecule has 1 saturated carbocycles. The first-order chi connectivity index (χ1) is 9.67. The van der Waals surface area contributed by atoms with Crippen molar-refractivity contribution in [3.8, 4) is 5.75 Å². The maximum Gasteiger partial charge on any atom is 0.119 e. The van der Waals surface area contributed by atoms with Crippen LogP contribution in [0.15, 0.2) is 30.3 Å². The minimum atomic E-state index is 0.319. The highest BCUT2D eigenvalue weighted by molar-refractivity contribution is 5.20. The van der Waals surface area contributed by atoms with E-state index in [9.17, 15) is 0 Å². The van der Waals surface area contributed by atoms with Crippen LogP contribution in [0.5, 0.6) is 5.75 Å². The van der Waals surface area contributed by atoms with Crippen LogP contribution in [0.4, 0.5) is 0 Å². The summed E-state index contributed by atoms with van der Waals surface area (Å²) in [7, 11) is 0. The number of para-hydroxylation sites is 1. The number of piperazine rings is 1. The van der Waals surface area contributed by atoms with Crippen LogP contribution in [-0.2, 0) is 0 Å². The third kappa shape index (κ3) is 3.15. The van der Waals surface area contributed by atoms with Crippen LogP contribution in [0.1, 0.15) is 26.7 Å². The molecular formula is C17H26N2O. The lowest BCUT2D eigenvalue weighted by Crippen LogP contribution is -2.63. The molecule has 0 spiro atoms. The fourth-order valence-corrected chi connectivity index (χ4v) is 3.23. The SMILES string of the molecule is CC1CNC(C)(C2CC2)CN1CCOc1ccccc1. The van der Waals surface area contributed by atoms with Gasteiger partial charge in [0.25, 0.3) is 0 Å². The summed E-state index contributed by atoms with van der Waals surface area (Å²) in [5, 5.41) is 3.76. The van der Waals surface area contributed by atoms with Crippen LogP contribution in [-0.4, -0.2) is 42.7 Å². The molecule has 1 N–H and O–H groups in total. The molecule has 3 heteroatoms. The predicted octanol–water partition coefficient (Wildman–Crippen LogP) is 2.53. The molecule has 0 aromatic heterocycles. The summed E-state index contributed by atoms with van der Waals surface area (Å²) in [6.07, 6.45) is 2.79. The first-order valence-electron chi connectivity index (χ1n) is 7.84. The van der Waals surface area contributed by atoms with Gasteiger partial charge >= 0.3 is 0 Å². The van der Waals surface area contributed by atoms with Crippen LogP contribution >= 0.6 is 0 Å². The average Bonchev–Trinajstić information content (AvgIpc) is 3.29. The van der Waals surface area contributed by atoms with E-state index in [2.05, 4.69) is 24.1 Å². The van der Waals surface area contributed by atoms with Crippen molar-refractivity contribution in [2.24, 2.45) is 5.92 Å². The minimum absolute atomic E-state index is 0.319. The predicted molar refractivity (Wildman–Crippen MR) is 82.1 cm³/mol. The lowest BCUT2D eigenvalue weighted by Gasteiger charge is -2.45. The van der Waals surface area contributed by atoms with E-state index in [1.165, 1.54) is 12.8 Å². The Morgan fingerprint density at radius 1 is 1.30 bits per heavy atom. The van der Waals surface area contributed by atoms with E-state index in [4.69, 9.17) is 4.74 Å². The van der Waals surface area contributed by atoms with Gasteiger partial charge in [0.1, 0.15) is 12.4 Å². The van der Waals surface area contributed by atoms with E-state index in [1.807, 2.05) is 30.3 Å². The molecule has 110 valence electrons. The molecule has 0 bridgehead atoms. The molecule has 3 rings (SSSR count). The van der Waals surface area contributed by atoms with Crippen molar-refractivity contribution in [2.45, 2.75) is 38.3 Å². The topological polar surface area (TPSA) is 24.5 Å². The fourth-order valence-electron chi connectivity index (χ4n) is 3.23. The summed E-state index contributed by atoms with van der Waals surface area (Å²) < 4.78 is 5.84.